The molecule has 0 bridgehead atoms. The monoisotopic (exact) mass is 291 g/mol. The molecule has 2 unspecified atom stereocenters. The van der Waals surface area contributed by atoms with Crippen molar-refractivity contribution in [2.75, 3.05) is 6.54 Å². The van der Waals surface area contributed by atoms with E-state index in [1.165, 1.54) is 12.8 Å². The number of hydrogen-bond donors (Lipinski definition) is 2. The zero-order chi connectivity index (χ0) is 15.1. The van der Waals surface area contributed by atoms with Crippen molar-refractivity contribution in [3.63, 3.8) is 0 Å². The van der Waals surface area contributed by atoms with Crippen molar-refractivity contribution >= 4 is 5.91 Å². The maximum absolute atomic E-state index is 12.4. The standard InChI is InChI=1S/C17H25NO3/c1-13(19)11-12-18-17(20)16(14-7-3-2-4-8-14)21-15-9-5-6-10-15/h2-4,7-8,13,15-16,19H,5-6,9-12H2,1H3,(H,18,20). The molecule has 4 heteroatoms. The molecule has 2 N–H and O–H groups in total. The predicted molar refractivity (Wildman–Crippen MR) is 81.8 cm³/mol. The Hall–Kier alpha value is -1.39. The van der Waals surface area contributed by atoms with Gasteiger partial charge in [0.1, 0.15) is 0 Å². The number of aliphatic hydroxyl groups is 1. The number of carbonyl (C=O) groups is 1. The smallest absolute Gasteiger partial charge is 0.253 e. The molecule has 1 amide bonds. The number of rotatable bonds is 7. The lowest BCUT2D eigenvalue weighted by Gasteiger charge is -2.22. The fourth-order valence-corrected chi connectivity index (χ4v) is 2.63. The minimum absolute atomic E-state index is 0.117. The van der Waals surface area contributed by atoms with Gasteiger partial charge in [0.15, 0.2) is 6.10 Å². The Bertz CT molecular complexity index is 427. The highest BCUT2D eigenvalue weighted by molar-refractivity contribution is 5.82. The van der Waals surface area contributed by atoms with Gasteiger partial charge in [0.05, 0.1) is 12.2 Å². The Morgan fingerprint density at radius 2 is 2.00 bits per heavy atom. The third-order valence-electron chi connectivity index (χ3n) is 3.83. The van der Waals surface area contributed by atoms with Crippen LogP contribution in [0.25, 0.3) is 0 Å². The molecular weight excluding hydrogens is 266 g/mol. The van der Waals surface area contributed by atoms with Gasteiger partial charge in [0.2, 0.25) is 0 Å². The number of nitrogens with one attached hydrogen (secondary N) is 1. The summed E-state index contributed by atoms with van der Waals surface area (Å²) >= 11 is 0. The zero-order valence-electron chi connectivity index (χ0n) is 12.6. The van der Waals surface area contributed by atoms with Gasteiger partial charge in [-0.05, 0) is 31.7 Å². The number of amides is 1. The summed E-state index contributed by atoms with van der Waals surface area (Å²) in [7, 11) is 0. The lowest BCUT2D eigenvalue weighted by molar-refractivity contribution is -0.137. The molecule has 4 nitrogen and oxygen atoms in total. The van der Waals surface area contributed by atoms with E-state index in [4.69, 9.17) is 4.74 Å². The van der Waals surface area contributed by atoms with Gasteiger partial charge in [-0.15, -0.1) is 0 Å². The fraction of sp³-hybridized carbons (Fsp3) is 0.588. The van der Waals surface area contributed by atoms with Crippen LogP contribution in [0.2, 0.25) is 0 Å². The predicted octanol–water partition coefficient (Wildman–Crippen LogP) is 2.57. The van der Waals surface area contributed by atoms with E-state index in [9.17, 15) is 9.90 Å². The molecule has 1 aliphatic carbocycles. The van der Waals surface area contributed by atoms with E-state index in [1.54, 1.807) is 6.92 Å². The van der Waals surface area contributed by atoms with Crippen LogP contribution < -0.4 is 5.32 Å². The van der Waals surface area contributed by atoms with E-state index in [1.807, 2.05) is 30.3 Å². The second kappa shape index (κ2) is 8.15. The van der Waals surface area contributed by atoms with Gasteiger partial charge in [0.25, 0.3) is 5.91 Å². The first-order valence-electron chi connectivity index (χ1n) is 7.83. The molecule has 0 spiro atoms. The Morgan fingerprint density at radius 1 is 1.33 bits per heavy atom. The lowest BCUT2D eigenvalue weighted by Crippen LogP contribution is -2.34. The summed E-state index contributed by atoms with van der Waals surface area (Å²) in [6.45, 7) is 2.18. The quantitative estimate of drug-likeness (QED) is 0.812. The van der Waals surface area contributed by atoms with E-state index in [2.05, 4.69) is 5.32 Å². The topological polar surface area (TPSA) is 58.6 Å². The van der Waals surface area contributed by atoms with E-state index in [0.29, 0.717) is 13.0 Å². The molecule has 1 aromatic carbocycles. The molecule has 2 rings (SSSR count). The Kier molecular flexibility index (Phi) is 6.21. The molecule has 21 heavy (non-hydrogen) atoms. The summed E-state index contributed by atoms with van der Waals surface area (Å²) in [5.74, 6) is -0.117. The van der Waals surface area contributed by atoms with Gasteiger partial charge in [-0.2, -0.15) is 0 Å². The number of carbonyl (C=O) groups excluding carboxylic acids is 1. The van der Waals surface area contributed by atoms with E-state index in [0.717, 1.165) is 18.4 Å². The van der Waals surface area contributed by atoms with E-state index >= 15 is 0 Å². The molecular formula is C17H25NO3. The zero-order valence-corrected chi connectivity index (χ0v) is 12.6. The van der Waals surface area contributed by atoms with Crippen molar-refractivity contribution in [1.82, 2.24) is 5.32 Å². The Morgan fingerprint density at radius 3 is 2.62 bits per heavy atom. The van der Waals surface area contributed by atoms with Crippen molar-refractivity contribution in [2.24, 2.45) is 0 Å². The van der Waals surface area contributed by atoms with Crippen LogP contribution >= 0.6 is 0 Å². The molecule has 0 radical (unpaired) electrons. The molecule has 2 atom stereocenters. The van der Waals surface area contributed by atoms with Gasteiger partial charge < -0.3 is 15.2 Å². The summed E-state index contributed by atoms with van der Waals surface area (Å²) in [5.41, 5.74) is 0.888. The number of aliphatic hydroxyl groups excluding tert-OH is 1. The highest BCUT2D eigenvalue weighted by Crippen LogP contribution is 2.28. The van der Waals surface area contributed by atoms with Crippen LogP contribution in [0.1, 0.15) is 50.7 Å². The van der Waals surface area contributed by atoms with Crippen LogP contribution in [0.5, 0.6) is 0 Å². The molecule has 116 valence electrons. The largest absolute Gasteiger partial charge is 0.393 e. The molecule has 0 heterocycles. The number of ether oxygens (including phenoxy) is 1. The second-order valence-corrected chi connectivity index (χ2v) is 5.76. The average molecular weight is 291 g/mol. The maximum Gasteiger partial charge on any atom is 0.253 e. The first-order valence-corrected chi connectivity index (χ1v) is 7.83. The summed E-state index contributed by atoms with van der Waals surface area (Å²) in [4.78, 5) is 12.4. The highest BCUT2D eigenvalue weighted by atomic mass is 16.5. The SMILES string of the molecule is CC(O)CCNC(=O)C(OC1CCCC1)c1ccccc1. The minimum Gasteiger partial charge on any atom is -0.393 e. The Labute approximate surface area is 126 Å². The van der Waals surface area contributed by atoms with Gasteiger partial charge in [0, 0.05) is 6.54 Å². The minimum atomic E-state index is -0.553. The van der Waals surface area contributed by atoms with Crippen molar-refractivity contribution in [3.8, 4) is 0 Å². The lowest BCUT2D eigenvalue weighted by atomic mass is 10.1. The van der Waals surface area contributed by atoms with Crippen molar-refractivity contribution in [2.45, 2.75) is 57.3 Å². The summed E-state index contributed by atoms with van der Waals surface area (Å²) in [6.07, 6.45) is 4.19. The van der Waals surface area contributed by atoms with Gasteiger partial charge in [-0.1, -0.05) is 43.2 Å². The van der Waals surface area contributed by atoms with Crippen molar-refractivity contribution in [1.29, 1.82) is 0 Å². The van der Waals surface area contributed by atoms with Crippen LogP contribution in [0, 0.1) is 0 Å². The first kappa shape index (κ1) is 16.0. The van der Waals surface area contributed by atoms with Crippen molar-refractivity contribution in [3.05, 3.63) is 35.9 Å². The molecule has 1 fully saturated rings. The van der Waals surface area contributed by atoms with Crippen molar-refractivity contribution < 1.29 is 14.6 Å². The van der Waals surface area contributed by atoms with Gasteiger partial charge in [-0.25, -0.2) is 0 Å². The number of benzene rings is 1. The molecule has 1 aromatic rings. The summed E-state index contributed by atoms with van der Waals surface area (Å²) in [5, 5.41) is 12.1. The third kappa shape index (κ3) is 5.14. The van der Waals surface area contributed by atoms with Crippen LogP contribution in [-0.2, 0) is 9.53 Å². The molecule has 0 saturated heterocycles. The first-order chi connectivity index (χ1) is 10.2. The fourth-order valence-electron chi connectivity index (χ4n) is 2.63. The molecule has 0 aliphatic heterocycles. The van der Waals surface area contributed by atoms with Gasteiger partial charge >= 0.3 is 0 Å². The van der Waals surface area contributed by atoms with E-state index < -0.39 is 12.2 Å². The molecule has 1 aliphatic rings. The normalized spacial score (nSPS) is 18.4. The van der Waals surface area contributed by atoms with Crippen LogP contribution in [0.15, 0.2) is 30.3 Å². The second-order valence-electron chi connectivity index (χ2n) is 5.76. The Balaban J connectivity index is 1.98. The van der Waals surface area contributed by atoms with Crippen LogP contribution in [0.4, 0.5) is 0 Å². The van der Waals surface area contributed by atoms with E-state index in [-0.39, 0.29) is 12.0 Å². The van der Waals surface area contributed by atoms with Crippen LogP contribution in [0.3, 0.4) is 0 Å². The maximum atomic E-state index is 12.4. The average Bonchev–Trinajstić information content (AvgIpc) is 2.98. The molecule has 0 aromatic heterocycles. The summed E-state index contributed by atoms with van der Waals surface area (Å²) in [6, 6.07) is 9.62. The highest BCUT2D eigenvalue weighted by Gasteiger charge is 2.26. The third-order valence-corrected chi connectivity index (χ3v) is 3.83. The number of hydrogen-bond acceptors (Lipinski definition) is 3. The molecule has 1 saturated carbocycles. The van der Waals surface area contributed by atoms with Crippen LogP contribution in [-0.4, -0.2) is 29.8 Å². The van der Waals surface area contributed by atoms with Gasteiger partial charge in [-0.3, -0.25) is 4.79 Å². The summed E-state index contributed by atoms with van der Waals surface area (Å²) < 4.78 is 6.04.